The summed E-state index contributed by atoms with van der Waals surface area (Å²) in [5.74, 6) is 0.978. The highest BCUT2D eigenvalue weighted by Gasteiger charge is 2.59. The molecule has 2 atom stereocenters. The minimum atomic E-state index is -0.647. The average molecular weight is 429 g/mol. The van der Waals surface area contributed by atoms with Crippen molar-refractivity contribution in [3.8, 4) is 6.07 Å². The first kappa shape index (κ1) is 20.9. The third kappa shape index (κ3) is 3.63. The molecule has 4 fully saturated rings. The van der Waals surface area contributed by atoms with Gasteiger partial charge in [-0.15, -0.1) is 0 Å². The molecule has 164 valence electrons. The number of amides is 1. The van der Waals surface area contributed by atoms with E-state index in [0.717, 1.165) is 37.7 Å². The Morgan fingerprint density at radius 2 is 1.75 bits per heavy atom. The molecule has 0 aromatic heterocycles. The molecule has 0 radical (unpaired) electrons. The zero-order chi connectivity index (χ0) is 22.5. The van der Waals surface area contributed by atoms with Crippen molar-refractivity contribution in [3.05, 3.63) is 70.8 Å². The summed E-state index contributed by atoms with van der Waals surface area (Å²) in [7, 11) is 1.73. The van der Waals surface area contributed by atoms with Gasteiger partial charge in [0.2, 0.25) is 0 Å². The average Bonchev–Trinajstić information content (AvgIpc) is 2.77. The lowest BCUT2D eigenvalue weighted by Gasteiger charge is -2.59. The number of ketones is 1. The van der Waals surface area contributed by atoms with Crippen molar-refractivity contribution in [2.45, 2.75) is 50.7 Å². The van der Waals surface area contributed by atoms with Crippen molar-refractivity contribution in [2.75, 3.05) is 7.05 Å². The van der Waals surface area contributed by atoms with Crippen LogP contribution in [0.1, 0.15) is 70.4 Å². The van der Waals surface area contributed by atoms with Gasteiger partial charge in [0.05, 0.1) is 17.2 Å². The van der Waals surface area contributed by atoms with Crippen LogP contribution in [0, 0.1) is 28.6 Å². The van der Waals surface area contributed by atoms with E-state index in [1.54, 1.807) is 36.2 Å². The molecular formula is C27H28N2O3. The lowest BCUT2D eigenvalue weighted by Crippen LogP contribution is -2.58. The summed E-state index contributed by atoms with van der Waals surface area (Å²) in [5.41, 5.74) is 1.54. The minimum Gasteiger partial charge on any atom is -0.390 e. The second kappa shape index (κ2) is 7.56. The van der Waals surface area contributed by atoms with Gasteiger partial charge in [0.1, 0.15) is 0 Å². The Bertz CT molecular complexity index is 1100. The SMILES string of the molecule is CN(Cc1ccc(C(=O)C23CC4CC(CC(O)(C4)C2)C3)cc1)C(=O)c1cccc(C#N)c1. The molecule has 4 saturated carbocycles. The van der Waals surface area contributed by atoms with Gasteiger partial charge in [-0.2, -0.15) is 5.26 Å². The van der Waals surface area contributed by atoms with Crippen LogP contribution < -0.4 is 0 Å². The Balaban J connectivity index is 1.29. The van der Waals surface area contributed by atoms with Crippen LogP contribution in [-0.4, -0.2) is 34.3 Å². The molecular weight excluding hydrogens is 400 g/mol. The van der Waals surface area contributed by atoms with Crippen LogP contribution >= 0.6 is 0 Å². The van der Waals surface area contributed by atoms with Crippen molar-refractivity contribution >= 4 is 11.7 Å². The van der Waals surface area contributed by atoms with Gasteiger partial charge < -0.3 is 10.0 Å². The molecule has 0 saturated heterocycles. The zero-order valence-electron chi connectivity index (χ0n) is 18.4. The van der Waals surface area contributed by atoms with E-state index in [0.29, 0.717) is 41.5 Å². The second-order valence-electron chi connectivity index (χ2n) is 10.3. The molecule has 0 spiro atoms. The normalized spacial score (nSPS) is 30.0. The molecule has 2 aromatic carbocycles. The summed E-state index contributed by atoms with van der Waals surface area (Å²) in [5, 5.41) is 20.0. The van der Waals surface area contributed by atoms with Crippen molar-refractivity contribution < 1.29 is 14.7 Å². The lowest BCUT2D eigenvalue weighted by atomic mass is 9.46. The number of nitriles is 1. The van der Waals surface area contributed by atoms with E-state index in [-0.39, 0.29) is 11.7 Å². The van der Waals surface area contributed by atoms with Crippen LogP contribution in [0.4, 0.5) is 0 Å². The number of benzene rings is 2. The highest BCUT2D eigenvalue weighted by Crippen LogP contribution is 2.62. The Hall–Kier alpha value is -2.97. The first-order chi connectivity index (χ1) is 15.3. The van der Waals surface area contributed by atoms with E-state index in [1.807, 2.05) is 24.3 Å². The zero-order valence-corrected chi connectivity index (χ0v) is 18.4. The molecule has 0 aliphatic heterocycles. The Morgan fingerprint density at radius 3 is 2.38 bits per heavy atom. The number of rotatable bonds is 5. The van der Waals surface area contributed by atoms with Gasteiger partial charge in [0, 0.05) is 30.1 Å². The third-order valence-electron chi connectivity index (χ3n) is 7.73. The summed E-state index contributed by atoms with van der Waals surface area (Å²) in [4.78, 5) is 27.9. The maximum absolute atomic E-state index is 13.5. The van der Waals surface area contributed by atoms with Crippen LogP contribution in [0.15, 0.2) is 48.5 Å². The van der Waals surface area contributed by atoms with Crippen LogP contribution in [0.3, 0.4) is 0 Å². The number of hydrogen-bond acceptors (Lipinski definition) is 4. The largest absolute Gasteiger partial charge is 0.390 e. The fourth-order valence-corrected chi connectivity index (χ4v) is 6.84. The predicted molar refractivity (Wildman–Crippen MR) is 120 cm³/mol. The molecule has 4 aliphatic carbocycles. The molecule has 4 aliphatic rings. The first-order valence-corrected chi connectivity index (χ1v) is 11.4. The molecule has 1 N–H and O–H groups in total. The molecule has 2 unspecified atom stereocenters. The van der Waals surface area contributed by atoms with Crippen molar-refractivity contribution in [1.82, 2.24) is 4.90 Å². The van der Waals surface area contributed by atoms with Crippen molar-refractivity contribution in [2.24, 2.45) is 17.3 Å². The number of nitrogens with zero attached hydrogens (tertiary/aromatic N) is 2. The monoisotopic (exact) mass is 428 g/mol. The molecule has 5 heteroatoms. The van der Waals surface area contributed by atoms with Crippen LogP contribution in [0.5, 0.6) is 0 Å². The summed E-state index contributed by atoms with van der Waals surface area (Å²) in [6.07, 6.45) is 5.29. The molecule has 4 bridgehead atoms. The van der Waals surface area contributed by atoms with E-state index in [2.05, 4.69) is 6.07 Å². The number of Topliss-reactive ketones (excluding diaryl/α,β-unsaturated/α-hetero) is 1. The smallest absolute Gasteiger partial charge is 0.253 e. The quantitative estimate of drug-likeness (QED) is 0.718. The summed E-state index contributed by atoms with van der Waals surface area (Å²) < 4.78 is 0. The highest BCUT2D eigenvalue weighted by molar-refractivity contribution is 6.01. The van der Waals surface area contributed by atoms with Gasteiger partial charge in [-0.3, -0.25) is 9.59 Å². The van der Waals surface area contributed by atoms with Gasteiger partial charge in [-0.05, 0) is 74.1 Å². The van der Waals surface area contributed by atoms with Gasteiger partial charge in [0.25, 0.3) is 5.91 Å². The summed E-state index contributed by atoms with van der Waals surface area (Å²) in [6.45, 7) is 0.416. The van der Waals surface area contributed by atoms with E-state index in [4.69, 9.17) is 5.26 Å². The lowest BCUT2D eigenvalue weighted by molar-refractivity contribution is -0.148. The Morgan fingerprint density at radius 1 is 1.06 bits per heavy atom. The fraction of sp³-hybridized carbons (Fsp3) is 0.444. The Kier molecular flexibility index (Phi) is 4.94. The molecule has 1 amide bonds. The van der Waals surface area contributed by atoms with Gasteiger partial charge >= 0.3 is 0 Å². The first-order valence-electron chi connectivity index (χ1n) is 11.4. The third-order valence-corrected chi connectivity index (χ3v) is 7.73. The number of aliphatic hydroxyl groups is 1. The molecule has 0 heterocycles. The summed E-state index contributed by atoms with van der Waals surface area (Å²) >= 11 is 0. The molecule has 2 aromatic rings. The molecule has 5 nitrogen and oxygen atoms in total. The fourth-order valence-electron chi connectivity index (χ4n) is 6.84. The highest BCUT2D eigenvalue weighted by atomic mass is 16.3. The van der Waals surface area contributed by atoms with Gasteiger partial charge in [0.15, 0.2) is 5.78 Å². The second-order valence-corrected chi connectivity index (χ2v) is 10.3. The maximum Gasteiger partial charge on any atom is 0.253 e. The van der Waals surface area contributed by atoms with E-state index in [1.165, 1.54) is 0 Å². The predicted octanol–water partition coefficient (Wildman–Crippen LogP) is 4.34. The van der Waals surface area contributed by atoms with E-state index in [9.17, 15) is 14.7 Å². The van der Waals surface area contributed by atoms with Crippen LogP contribution in [0.25, 0.3) is 0 Å². The minimum absolute atomic E-state index is 0.149. The number of carbonyl (C=O) groups is 2. The topological polar surface area (TPSA) is 81.4 Å². The maximum atomic E-state index is 13.5. The van der Waals surface area contributed by atoms with Gasteiger partial charge in [-0.1, -0.05) is 30.3 Å². The van der Waals surface area contributed by atoms with Crippen molar-refractivity contribution in [1.29, 1.82) is 5.26 Å². The number of carbonyl (C=O) groups excluding carboxylic acids is 2. The van der Waals surface area contributed by atoms with E-state index < -0.39 is 11.0 Å². The standard InChI is InChI=1S/C27H28N2O3/c1-29(25(31)23-4-2-3-19(10-23)15-28)16-18-5-7-22(8-6-18)24(30)26-11-20-9-21(12-26)14-27(32,13-20)17-26/h2-8,10,20-21,32H,9,11-14,16-17H2,1H3. The van der Waals surface area contributed by atoms with Crippen LogP contribution in [0.2, 0.25) is 0 Å². The van der Waals surface area contributed by atoms with Crippen molar-refractivity contribution in [3.63, 3.8) is 0 Å². The van der Waals surface area contributed by atoms with Gasteiger partial charge in [-0.25, -0.2) is 0 Å². The Labute approximate surface area is 188 Å². The molecule has 6 rings (SSSR count). The van der Waals surface area contributed by atoms with Crippen LogP contribution in [-0.2, 0) is 6.54 Å². The molecule has 32 heavy (non-hydrogen) atoms. The summed E-state index contributed by atoms with van der Waals surface area (Å²) in [6, 6.07) is 16.3. The number of hydrogen-bond donors (Lipinski definition) is 1. The van der Waals surface area contributed by atoms with E-state index >= 15 is 0 Å².